The minimum absolute atomic E-state index is 0.298. The first kappa shape index (κ1) is 16.5. The van der Waals surface area contributed by atoms with Crippen molar-refractivity contribution in [2.45, 2.75) is 44.0 Å². The zero-order valence-corrected chi connectivity index (χ0v) is 13.8. The SMILES string of the molecule is CCCNCCCn1cc(S(=O)(=O)N(C)CC2CC2)cn1. The van der Waals surface area contributed by atoms with Crippen LogP contribution in [-0.2, 0) is 16.6 Å². The summed E-state index contributed by atoms with van der Waals surface area (Å²) in [5.74, 6) is 0.546. The van der Waals surface area contributed by atoms with Gasteiger partial charge in [-0.25, -0.2) is 12.7 Å². The lowest BCUT2D eigenvalue weighted by Crippen LogP contribution is -2.28. The quantitative estimate of drug-likeness (QED) is 0.661. The van der Waals surface area contributed by atoms with Gasteiger partial charge in [-0.3, -0.25) is 4.68 Å². The van der Waals surface area contributed by atoms with Crippen molar-refractivity contribution < 1.29 is 8.42 Å². The molecule has 1 aliphatic carbocycles. The van der Waals surface area contributed by atoms with Gasteiger partial charge in [0.25, 0.3) is 0 Å². The van der Waals surface area contributed by atoms with Gasteiger partial charge in [0, 0.05) is 26.3 Å². The molecule has 1 aliphatic rings. The number of sulfonamides is 1. The summed E-state index contributed by atoms with van der Waals surface area (Å²) < 4.78 is 27.9. The van der Waals surface area contributed by atoms with Crippen molar-refractivity contribution in [2.75, 3.05) is 26.7 Å². The molecule has 1 heterocycles. The Hall–Kier alpha value is -0.920. The summed E-state index contributed by atoms with van der Waals surface area (Å²) >= 11 is 0. The van der Waals surface area contributed by atoms with Crippen molar-refractivity contribution in [3.63, 3.8) is 0 Å². The molecule has 21 heavy (non-hydrogen) atoms. The monoisotopic (exact) mass is 314 g/mol. The molecule has 0 radical (unpaired) electrons. The Morgan fingerprint density at radius 1 is 1.43 bits per heavy atom. The summed E-state index contributed by atoms with van der Waals surface area (Å²) in [5, 5.41) is 7.48. The second-order valence-corrected chi connectivity index (χ2v) is 7.82. The van der Waals surface area contributed by atoms with Gasteiger partial charge in [-0.2, -0.15) is 5.10 Å². The van der Waals surface area contributed by atoms with E-state index < -0.39 is 10.0 Å². The molecule has 7 heteroatoms. The molecule has 0 bridgehead atoms. The van der Waals surface area contributed by atoms with Gasteiger partial charge in [-0.05, 0) is 44.7 Å². The van der Waals surface area contributed by atoms with Crippen molar-refractivity contribution in [1.82, 2.24) is 19.4 Å². The molecule has 0 unspecified atom stereocenters. The Bertz CT molecular complexity index is 537. The zero-order valence-electron chi connectivity index (χ0n) is 13.0. The van der Waals surface area contributed by atoms with Crippen LogP contribution in [-0.4, -0.2) is 49.2 Å². The molecule has 0 atom stereocenters. The minimum atomic E-state index is -3.38. The molecule has 1 aromatic rings. The molecule has 0 aliphatic heterocycles. The van der Waals surface area contributed by atoms with E-state index in [1.165, 1.54) is 10.5 Å². The van der Waals surface area contributed by atoms with Gasteiger partial charge in [-0.15, -0.1) is 0 Å². The molecule has 120 valence electrons. The highest BCUT2D eigenvalue weighted by atomic mass is 32.2. The number of aromatic nitrogens is 2. The fourth-order valence-corrected chi connectivity index (χ4v) is 3.41. The van der Waals surface area contributed by atoms with E-state index in [2.05, 4.69) is 17.3 Å². The van der Waals surface area contributed by atoms with Crippen LogP contribution in [0.2, 0.25) is 0 Å². The largest absolute Gasteiger partial charge is 0.317 e. The molecular weight excluding hydrogens is 288 g/mol. The topological polar surface area (TPSA) is 67.2 Å². The summed E-state index contributed by atoms with van der Waals surface area (Å²) in [6.45, 7) is 5.44. The standard InChI is InChI=1S/C14H26N4O2S/c1-3-7-15-8-4-9-18-12-14(10-16-18)21(19,20)17(2)11-13-5-6-13/h10,12-13,15H,3-9,11H2,1-2H3. The summed E-state index contributed by atoms with van der Waals surface area (Å²) in [6.07, 6.45) is 7.45. The normalized spacial score (nSPS) is 15.8. The van der Waals surface area contributed by atoms with Gasteiger partial charge in [0.15, 0.2) is 0 Å². The van der Waals surface area contributed by atoms with Crippen molar-refractivity contribution >= 4 is 10.0 Å². The van der Waals surface area contributed by atoms with E-state index in [0.717, 1.165) is 45.3 Å². The van der Waals surface area contributed by atoms with Crippen LogP contribution in [0.5, 0.6) is 0 Å². The molecule has 1 fully saturated rings. The summed E-state index contributed by atoms with van der Waals surface area (Å²) in [4.78, 5) is 0.298. The van der Waals surface area contributed by atoms with E-state index in [1.54, 1.807) is 17.9 Å². The second kappa shape index (κ2) is 7.38. The molecule has 0 amide bonds. The number of hydrogen-bond donors (Lipinski definition) is 1. The van der Waals surface area contributed by atoms with E-state index in [-0.39, 0.29) is 0 Å². The van der Waals surface area contributed by atoms with Gasteiger partial charge in [-0.1, -0.05) is 6.92 Å². The van der Waals surface area contributed by atoms with E-state index in [9.17, 15) is 8.42 Å². The Labute approximate surface area is 127 Å². The first-order valence-corrected chi connectivity index (χ1v) is 9.17. The highest BCUT2D eigenvalue weighted by Gasteiger charge is 2.29. The smallest absolute Gasteiger partial charge is 0.245 e. The Morgan fingerprint density at radius 3 is 2.86 bits per heavy atom. The molecule has 1 N–H and O–H groups in total. The van der Waals surface area contributed by atoms with Crippen LogP contribution >= 0.6 is 0 Å². The van der Waals surface area contributed by atoms with Crippen LogP contribution in [0.15, 0.2) is 17.3 Å². The van der Waals surface area contributed by atoms with Crippen LogP contribution in [0.25, 0.3) is 0 Å². The highest BCUT2D eigenvalue weighted by Crippen LogP contribution is 2.30. The van der Waals surface area contributed by atoms with Crippen molar-refractivity contribution in [1.29, 1.82) is 0 Å². The number of nitrogens with zero attached hydrogens (tertiary/aromatic N) is 3. The van der Waals surface area contributed by atoms with E-state index in [1.807, 2.05) is 0 Å². The van der Waals surface area contributed by atoms with Gasteiger partial charge in [0.05, 0.1) is 6.20 Å². The van der Waals surface area contributed by atoms with Crippen LogP contribution in [0.4, 0.5) is 0 Å². The maximum absolute atomic E-state index is 12.4. The minimum Gasteiger partial charge on any atom is -0.317 e. The lowest BCUT2D eigenvalue weighted by atomic mass is 10.4. The van der Waals surface area contributed by atoms with Crippen LogP contribution < -0.4 is 5.32 Å². The maximum atomic E-state index is 12.4. The lowest BCUT2D eigenvalue weighted by Gasteiger charge is -2.15. The Kier molecular flexibility index (Phi) is 5.78. The predicted molar refractivity (Wildman–Crippen MR) is 82.5 cm³/mol. The molecule has 1 saturated carbocycles. The van der Waals surface area contributed by atoms with Gasteiger partial charge >= 0.3 is 0 Å². The van der Waals surface area contributed by atoms with Gasteiger partial charge in [0.1, 0.15) is 4.90 Å². The molecule has 2 rings (SSSR count). The van der Waals surface area contributed by atoms with E-state index in [4.69, 9.17) is 0 Å². The van der Waals surface area contributed by atoms with Crippen LogP contribution in [0.1, 0.15) is 32.6 Å². The Morgan fingerprint density at radius 2 is 2.19 bits per heavy atom. The third kappa shape index (κ3) is 4.79. The average Bonchev–Trinajstić information content (AvgIpc) is 3.13. The van der Waals surface area contributed by atoms with Crippen LogP contribution in [0.3, 0.4) is 0 Å². The average molecular weight is 314 g/mol. The maximum Gasteiger partial charge on any atom is 0.245 e. The van der Waals surface area contributed by atoms with Gasteiger partial charge in [0.2, 0.25) is 10.0 Å². The molecule has 0 aromatic carbocycles. The summed E-state index contributed by atoms with van der Waals surface area (Å²) in [7, 11) is -1.73. The van der Waals surface area contributed by atoms with Crippen molar-refractivity contribution in [3.8, 4) is 0 Å². The zero-order chi connectivity index (χ0) is 15.3. The number of rotatable bonds is 10. The van der Waals surface area contributed by atoms with Crippen LogP contribution in [0, 0.1) is 5.92 Å². The van der Waals surface area contributed by atoms with E-state index in [0.29, 0.717) is 17.4 Å². The Balaban J connectivity index is 1.85. The lowest BCUT2D eigenvalue weighted by molar-refractivity contribution is 0.452. The fourth-order valence-electron chi connectivity index (χ4n) is 2.21. The van der Waals surface area contributed by atoms with Gasteiger partial charge < -0.3 is 5.32 Å². The molecule has 0 spiro atoms. The summed E-state index contributed by atoms with van der Waals surface area (Å²) in [5.41, 5.74) is 0. The highest BCUT2D eigenvalue weighted by molar-refractivity contribution is 7.89. The third-order valence-corrected chi connectivity index (χ3v) is 5.47. The number of nitrogens with one attached hydrogen (secondary N) is 1. The number of hydrogen-bond acceptors (Lipinski definition) is 4. The van der Waals surface area contributed by atoms with Crippen molar-refractivity contribution in [3.05, 3.63) is 12.4 Å². The fraction of sp³-hybridized carbons (Fsp3) is 0.786. The third-order valence-electron chi connectivity index (χ3n) is 3.70. The van der Waals surface area contributed by atoms with E-state index >= 15 is 0 Å². The molecular formula is C14H26N4O2S. The first-order valence-electron chi connectivity index (χ1n) is 7.73. The number of aryl methyl sites for hydroxylation is 1. The van der Waals surface area contributed by atoms with Crippen molar-refractivity contribution in [2.24, 2.45) is 5.92 Å². The first-order chi connectivity index (χ1) is 10.0. The molecule has 6 nitrogen and oxygen atoms in total. The molecule has 0 saturated heterocycles. The molecule has 1 aromatic heterocycles. The second-order valence-electron chi connectivity index (χ2n) is 5.77. The summed E-state index contributed by atoms with van der Waals surface area (Å²) in [6, 6.07) is 0. The predicted octanol–water partition coefficient (Wildman–Crippen LogP) is 1.30.